The summed E-state index contributed by atoms with van der Waals surface area (Å²) in [6.45, 7) is 3.73. The highest BCUT2D eigenvalue weighted by Gasteiger charge is 2.15. The molecule has 0 saturated carbocycles. The maximum Gasteiger partial charge on any atom is 0.307 e. The first-order valence-corrected chi connectivity index (χ1v) is 7.19. The van der Waals surface area contributed by atoms with E-state index in [9.17, 15) is 4.79 Å². The summed E-state index contributed by atoms with van der Waals surface area (Å²) in [5.74, 6) is -0.146. The van der Waals surface area contributed by atoms with E-state index in [0.29, 0.717) is 5.92 Å². The molecule has 1 atom stereocenters. The van der Waals surface area contributed by atoms with E-state index >= 15 is 0 Å². The largest absolute Gasteiger partial charge is 0.481 e. The number of aliphatic carboxylic acids is 1. The fraction of sp³-hybridized carbons (Fsp3) is 0.562. The number of benzene rings is 1. The Bertz CT molecular complexity index is 424. The molecule has 110 valence electrons. The van der Waals surface area contributed by atoms with Crippen molar-refractivity contribution < 1.29 is 14.6 Å². The Morgan fingerprint density at radius 2 is 2.05 bits per heavy atom. The standard InChI is InChI=1S/C16H23NO3/c1-17(11-15-3-2-8-20-12-15)10-14-6-4-13(5-7-14)9-16(18)19/h4-7,15H,2-3,8-12H2,1H3,(H,18,19). The number of ether oxygens (including phenoxy) is 1. The number of nitrogens with zero attached hydrogens (tertiary/aromatic N) is 1. The predicted molar refractivity (Wildman–Crippen MR) is 77.7 cm³/mol. The van der Waals surface area contributed by atoms with E-state index in [0.717, 1.165) is 31.9 Å². The van der Waals surface area contributed by atoms with E-state index in [2.05, 4.69) is 11.9 Å². The van der Waals surface area contributed by atoms with Gasteiger partial charge in [-0.05, 0) is 36.9 Å². The normalized spacial score (nSPS) is 19.2. The highest BCUT2D eigenvalue weighted by Crippen LogP contribution is 2.16. The molecule has 0 aliphatic carbocycles. The molecule has 1 aliphatic heterocycles. The second-order valence-corrected chi connectivity index (χ2v) is 5.67. The molecule has 1 aromatic carbocycles. The van der Waals surface area contributed by atoms with E-state index in [1.807, 2.05) is 24.3 Å². The van der Waals surface area contributed by atoms with Crippen LogP contribution in [0.5, 0.6) is 0 Å². The van der Waals surface area contributed by atoms with Crippen LogP contribution in [-0.4, -0.2) is 42.8 Å². The Morgan fingerprint density at radius 1 is 1.35 bits per heavy atom. The van der Waals surface area contributed by atoms with Crippen molar-refractivity contribution in [2.75, 3.05) is 26.8 Å². The maximum absolute atomic E-state index is 10.6. The highest BCUT2D eigenvalue weighted by atomic mass is 16.5. The molecule has 4 heteroatoms. The molecular weight excluding hydrogens is 254 g/mol. The molecule has 0 aromatic heterocycles. The molecule has 4 nitrogen and oxygen atoms in total. The Labute approximate surface area is 120 Å². The van der Waals surface area contributed by atoms with E-state index in [1.54, 1.807) is 0 Å². The van der Waals surface area contributed by atoms with E-state index < -0.39 is 5.97 Å². The molecule has 1 aromatic rings. The number of carboxylic acids is 1. The van der Waals surface area contributed by atoms with Crippen LogP contribution in [0, 0.1) is 5.92 Å². The Balaban J connectivity index is 1.81. The number of hydrogen-bond acceptors (Lipinski definition) is 3. The van der Waals surface area contributed by atoms with Crippen molar-refractivity contribution in [1.82, 2.24) is 4.90 Å². The summed E-state index contributed by atoms with van der Waals surface area (Å²) in [5, 5.41) is 8.74. The van der Waals surface area contributed by atoms with Gasteiger partial charge in [-0.3, -0.25) is 4.79 Å². The lowest BCUT2D eigenvalue weighted by Crippen LogP contribution is -2.30. The van der Waals surface area contributed by atoms with Gasteiger partial charge in [0.1, 0.15) is 0 Å². The van der Waals surface area contributed by atoms with Crippen molar-refractivity contribution in [1.29, 1.82) is 0 Å². The Kier molecular flexibility index (Phi) is 5.56. The summed E-state index contributed by atoms with van der Waals surface area (Å²) in [7, 11) is 2.12. The van der Waals surface area contributed by atoms with Gasteiger partial charge in [-0.2, -0.15) is 0 Å². The van der Waals surface area contributed by atoms with Gasteiger partial charge in [-0.25, -0.2) is 0 Å². The van der Waals surface area contributed by atoms with Crippen LogP contribution < -0.4 is 0 Å². The number of rotatable bonds is 6. The lowest BCUT2D eigenvalue weighted by Gasteiger charge is -2.27. The minimum Gasteiger partial charge on any atom is -0.481 e. The molecule has 1 heterocycles. The van der Waals surface area contributed by atoms with Gasteiger partial charge in [0.2, 0.25) is 0 Å². The minimum atomic E-state index is -0.785. The highest BCUT2D eigenvalue weighted by molar-refractivity contribution is 5.70. The van der Waals surface area contributed by atoms with Crippen LogP contribution in [0.2, 0.25) is 0 Å². The van der Waals surface area contributed by atoms with Gasteiger partial charge in [0.05, 0.1) is 13.0 Å². The van der Waals surface area contributed by atoms with Gasteiger partial charge < -0.3 is 14.7 Å². The topological polar surface area (TPSA) is 49.8 Å². The van der Waals surface area contributed by atoms with Crippen molar-refractivity contribution in [3.8, 4) is 0 Å². The van der Waals surface area contributed by atoms with Crippen molar-refractivity contribution in [2.45, 2.75) is 25.8 Å². The Morgan fingerprint density at radius 3 is 2.65 bits per heavy atom. The first-order chi connectivity index (χ1) is 9.63. The van der Waals surface area contributed by atoms with Crippen molar-refractivity contribution in [2.24, 2.45) is 5.92 Å². The second-order valence-electron chi connectivity index (χ2n) is 5.67. The molecule has 2 rings (SSSR count). The lowest BCUT2D eigenvalue weighted by atomic mass is 10.0. The lowest BCUT2D eigenvalue weighted by molar-refractivity contribution is -0.136. The summed E-state index contributed by atoms with van der Waals surface area (Å²) in [6, 6.07) is 7.85. The van der Waals surface area contributed by atoms with Crippen LogP contribution in [0.1, 0.15) is 24.0 Å². The zero-order valence-corrected chi connectivity index (χ0v) is 12.0. The van der Waals surface area contributed by atoms with Crippen LogP contribution in [0.3, 0.4) is 0 Å². The number of hydrogen-bond donors (Lipinski definition) is 1. The first kappa shape index (κ1) is 15.0. The molecule has 0 radical (unpaired) electrons. The van der Waals surface area contributed by atoms with Gasteiger partial charge in [-0.1, -0.05) is 24.3 Å². The molecule has 0 spiro atoms. The van der Waals surface area contributed by atoms with Crippen LogP contribution in [-0.2, 0) is 22.5 Å². The van der Waals surface area contributed by atoms with E-state index in [-0.39, 0.29) is 6.42 Å². The molecule has 0 bridgehead atoms. The zero-order valence-electron chi connectivity index (χ0n) is 12.0. The number of carboxylic acid groups (broad SMARTS) is 1. The van der Waals surface area contributed by atoms with Gasteiger partial charge >= 0.3 is 5.97 Å². The van der Waals surface area contributed by atoms with Gasteiger partial charge in [0, 0.05) is 19.7 Å². The Hall–Kier alpha value is -1.39. The predicted octanol–water partition coefficient (Wildman–Crippen LogP) is 2.17. The third-order valence-electron chi connectivity index (χ3n) is 3.66. The van der Waals surface area contributed by atoms with Crippen LogP contribution in [0.25, 0.3) is 0 Å². The monoisotopic (exact) mass is 277 g/mol. The van der Waals surface area contributed by atoms with Crippen LogP contribution in [0.4, 0.5) is 0 Å². The van der Waals surface area contributed by atoms with Crippen molar-refractivity contribution in [3.05, 3.63) is 35.4 Å². The maximum atomic E-state index is 10.6. The third kappa shape index (κ3) is 4.94. The van der Waals surface area contributed by atoms with Gasteiger partial charge in [0.25, 0.3) is 0 Å². The molecule has 1 fully saturated rings. The average molecular weight is 277 g/mol. The van der Waals surface area contributed by atoms with E-state index in [4.69, 9.17) is 9.84 Å². The summed E-state index contributed by atoms with van der Waals surface area (Å²) in [5.41, 5.74) is 2.07. The third-order valence-corrected chi connectivity index (χ3v) is 3.66. The fourth-order valence-electron chi connectivity index (χ4n) is 2.71. The average Bonchev–Trinajstić information content (AvgIpc) is 2.41. The molecule has 1 N–H and O–H groups in total. The summed E-state index contributed by atoms with van der Waals surface area (Å²) < 4.78 is 5.50. The summed E-state index contributed by atoms with van der Waals surface area (Å²) in [6.07, 6.45) is 2.51. The summed E-state index contributed by atoms with van der Waals surface area (Å²) >= 11 is 0. The summed E-state index contributed by atoms with van der Waals surface area (Å²) in [4.78, 5) is 12.9. The number of carbonyl (C=O) groups is 1. The van der Waals surface area contributed by atoms with Crippen molar-refractivity contribution >= 4 is 5.97 Å². The zero-order chi connectivity index (χ0) is 14.4. The molecule has 1 unspecified atom stereocenters. The second kappa shape index (κ2) is 7.41. The fourth-order valence-corrected chi connectivity index (χ4v) is 2.71. The van der Waals surface area contributed by atoms with Crippen LogP contribution in [0.15, 0.2) is 24.3 Å². The van der Waals surface area contributed by atoms with Gasteiger partial charge in [-0.15, -0.1) is 0 Å². The van der Waals surface area contributed by atoms with Crippen LogP contribution >= 0.6 is 0 Å². The quantitative estimate of drug-likeness (QED) is 0.866. The molecular formula is C16H23NO3. The van der Waals surface area contributed by atoms with Gasteiger partial charge in [0.15, 0.2) is 0 Å². The molecule has 20 heavy (non-hydrogen) atoms. The molecule has 0 amide bonds. The van der Waals surface area contributed by atoms with E-state index in [1.165, 1.54) is 18.4 Å². The minimum absolute atomic E-state index is 0.0928. The smallest absolute Gasteiger partial charge is 0.307 e. The SMILES string of the molecule is CN(Cc1ccc(CC(=O)O)cc1)CC1CCCOC1. The molecule has 1 saturated heterocycles. The van der Waals surface area contributed by atoms with Crippen molar-refractivity contribution in [3.63, 3.8) is 0 Å². The molecule has 1 aliphatic rings. The first-order valence-electron chi connectivity index (χ1n) is 7.19.